The second-order valence-electron chi connectivity index (χ2n) is 8.42. The average Bonchev–Trinajstić information content (AvgIpc) is 2.93. The van der Waals surface area contributed by atoms with E-state index in [1.54, 1.807) is 0 Å². The molecule has 0 radical (unpaired) electrons. The zero-order valence-corrected chi connectivity index (χ0v) is 19.5. The molecule has 2 aromatic carbocycles. The van der Waals surface area contributed by atoms with Gasteiger partial charge in [0.2, 0.25) is 10.0 Å². The van der Waals surface area contributed by atoms with E-state index in [2.05, 4.69) is 0 Å². The summed E-state index contributed by atoms with van der Waals surface area (Å²) in [6.45, 7) is -0.744. The molecule has 2 fully saturated rings. The highest BCUT2D eigenvalue weighted by Crippen LogP contribution is 2.37. The van der Waals surface area contributed by atoms with Crippen LogP contribution in [-0.2, 0) is 26.0 Å². The number of likely N-dealkylation sites (tertiary alicyclic amines) is 1. The smallest absolute Gasteiger partial charge is 0.283 e. The van der Waals surface area contributed by atoms with Crippen molar-refractivity contribution in [1.29, 1.82) is 0 Å². The second-order valence-corrected chi connectivity index (χ2v) is 10.6. The first-order valence-electron chi connectivity index (χ1n) is 10.4. The third kappa shape index (κ3) is 4.93. The predicted molar refractivity (Wildman–Crippen MR) is 117 cm³/mol. The summed E-state index contributed by atoms with van der Waals surface area (Å²) in [4.78, 5) is 13.7. The lowest BCUT2D eigenvalue weighted by Crippen LogP contribution is -2.54. The highest BCUT2D eigenvalue weighted by molar-refractivity contribution is 7.88. The van der Waals surface area contributed by atoms with Gasteiger partial charge in [0.15, 0.2) is 0 Å². The van der Waals surface area contributed by atoms with Crippen LogP contribution in [0.25, 0.3) is 11.1 Å². The first-order valence-corrected chi connectivity index (χ1v) is 12.6. The number of hydrogen-bond acceptors (Lipinski definition) is 4. The fourth-order valence-electron chi connectivity index (χ4n) is 4.26. The van der Waals surface area contributed by atoms with Crippen molar-refractivity contribution >= 4 is 27.5 Å². The van der Waals surface area contributed by atoms with Crippen molar-refractivity contribution < 1.29 is 35.5 Å². The molecule has 2 aliphatic rings. The summed E-state index contributed by atoms with van der Waals surface area (Å²) in [7, 11) is -4.09. The van der Waals surface area contributed by atoms with Gasteiger partial charge in [0, 0.05) is 22.6 Å². The van der Waals surface area contributed by atoms with Gasteiger partial charge in [-0.1, -0.05) is 29.8 Å². The largest absolute Gasteiger partial charge is 0.368 e. The van der Waals surface area contributed by atoms with Gasteiger partial charge in [0.05, 0.1) is 25.4 Å². The van der Waals surface area contributed by atoms with Gasteiger partial charge in [-0.2, -0.15) is 0 Å². The molecule has 34 heavy (non-hydrogen) atoms. The van der Waals surface area contributed by atoms with Gasteiger partial charge in [-0.05, 0) is 30.2 Å². The number of alkyl halides is 2. The van der Waals surface area contributed by atoms with Crippen LogP contribution in [0.15, 0.2) is 36.4 Å². The number of carbonyl (C=O) groups excluding carboxylic acids is 1. The third-order valence-corrected chi connectivity index (χ3v) is 6.86. The zero-order chi connectivity index (χ0) is 24.8. The zero-order valence-electron chi connectivity index (χ0n) is 17.9. The molecule has 1 N–H and O–H groups in total. The van der Waals surface area contributed by atoms with E-state index in [0.717, 1.165) is 17.2 Å². The Kier molecular flexibility index (Phi) is 6.67. The maximum Gasteiger partial charge on any atom is 0.283 e. The maximum absolute atomic E-state index is 15.5. The molecule has 1 amide bonds. The topological polar surface area (TPSA) is 75.7 Å². The highest BCUT2D eigenvalue weighted by Gasteiger charge is 2.57. The summed E-state index contributed by atoms with van der Waals surface area (Å²) in [6, 6.07) is 4.27. The number of ether oxygens (including phenoxy) is 1. The summed E-state index contributed by atoms with van der Waals surface area (Å²) >= 11 is 5.92. The SMILES string of the molecule is CS(=O)(=O)N[C@@H]1[C@H](Cc2cccc(-c3cc(Cl)ccc3F)c2F)N(C(=O)C2CCO2)CC1(F)F. The molecule has 0 spiro atoms. The van der Waals surface area contributed by atoms with Crippen molar-refractivity contribution in [2.75, 3.05) is 19.4 Å². The number of halogens is 5. The number of nitrogens with zero attached hydrogens (tertiary/aromatic N) is 1. The lowest BCUT2D eigenvalue weighted by molar-refractivity contribution is -0.158. The fraction of sp³-hybridized carbons (Fsp3) is 0.409. The van der Waals surface area contributed by atoms with E-state index in [1.165, 1.54) is 30.3 Å². The van der Waals surface area contributed by atoms with E-state index in [-0.39, 0.29) is 21.7 Å². The molecule has 0 aromatic heterocycles. The van der Waals surface area contributed by atoms with Crippen molar-refractivity contribution in [3.8, 4) is 11.1 Å². The van der Waals surface area contributed by atoms with Gasteiger partial charge in [-0.25, -0.2) is 30.7 Å². The molecule has 2 saturated heterocycles. The van der Waals surface area contributed by atoms with Crippen LogP contribution in [0.3, 0.4) is 0 Å². The lowest BCUT2D eigenvalue weighted by atomic mass is 9.95. The molecule has 2 heterocycles. The number of nitrogens with one attached hydrogen (secondary N) is 1. The highest BCUT2D eigenvalue weighted by atomic mass is 35.5. The van der Waals surface area contributed by atoms with Crippen LogP contribution in [0.1, 0.15) is 12.0 Å². The predicted octanol–water partition coefficient (Wildman–Crippen LogP) is 3.38. The number of sulfonamides is 1. The monoisotopic (exact) mass is 520 g/mol. The quantitative estimate of drug-likeness (QED) is 0.593. The Morgan fingerprint density at radius 3 is 2.56 bits per heavy atom. The minimum Gasteiger partial charge on any atom is -0.368 e. The number of amides is 1. The molecule has 184 valence electrons. The van der Waals surface area contributed by atoms with Crippen molar-refractivity contribution in [2.24, 2.45) is 0 Å². The Labute approximate surface area is 198 Å². The Morgan fingerprint density at radius 1 is 1.24 bits per heavy atom. The first kappa shape index (κ1) is 24.9. The average molecular weight is 521 g/mol. The second kappa shape index (κ2) is 9.10. The molecule has 0 saturated carbocycles. The third-order valence-electron chi connectivity index (χ3n) is 5.95. The molecule has 2 aliphatic heterocycles. The van der Waals surface area contributed by atoms with Crippen molar-refractivity contribution in [1.82, 2.24) is 9.62 Å². The van der Waals surface area contributed by atoms with Crippen molar-refractivity contribution in [3.63, 3.8) is 0 Å². The molecule has 1 unspecified atom stereocenters. The van der Waals surface area contributed by atoms with E-state index >= 15 is 4.39 Å². The summed E-state index contributed by atoms with van der Waals surface area (Å²) in [5, 5.41) is 0.173. The summed E-state index contributed by atoms with van der Waals surface area (Å²) in [5.41, 5.74) is -0.354. The van der Waals surface area contributed by atoms with Crippen LogP contribution in [0.4, 0.5) is 17.6 Å². The van der Waals surface area contributed by atoms with Gasteiger partial charge in [-0.15, -0.1) is 0 Å². The summed E-state index contributed by atoms with van der Waals surface area (Å²) in [6.07, 6.45) is -0.284. The van der Waals surface area contributed by atoms with Crippen LogP contribution in [0, 0.1) is 11.6 Å². The minimum atomic E-state index is -4.09. The lowest BCUT2D eigenvalue weighted by Gasteiger charge is -2.33. The van der Waals surface area contributed by atoms with Crippen LogP contribution < -0.4 is 4.72 Å². The Balaban J connectivity index is 1.74. The van der Waals surface area contributed by atoms with Crippen LogP contribution in [-0.4, -0.2) is 62.7 Å². The van der Waals surface area contributed by atoms with E-state index in [1.807, 2.05) is 4.72 Å². The molecular formula is C22H21ClF4N2O4S. The number of hydrogen-bond donors (Lipinski definition) is 1. The Hall–Kier alpha value is -2.21. The van der Waals surface area contributed by atoms with Gasteiger partial charge < -0.3 is 9.64 Å². The van der Waals surface area contributed by atoms with Crippen molar-refractivity contribution in [3.05, 3.63) is 58.6 Å². The molecule has 6 nitrogen and oxygen atoms in total. The van der Waals surface area contributed by atoms with Gasteiger partial charge in [0.1, 0.15) is 23.8 Å². The Bertz CT molecular complexity index is 1220. The fourth-order valence-corrected chi connectivity index (χ4v) is 5.22. The van der Waals surface area contributed by atoms with Crippen LogP contribution in [0.2, 0.25) is 5.02 Å². The minimum absolute atomic E-state index is 0.0906. The molecule has 2 aromatic rings. The van der Waals surface area contributed by atoms with Crippen LogP contribution >= 0.6 is 11.6 Å². The van der Waals surface area contributed by atoms with Gasteiger partial charge >= 0.3 is 0 Å². The first-order chi connectivity index (χ1) is 15.9. The van der Waals surface area contributed by atoms with Crippen molar-refractivity contribution in [2.45, 2.75) is 37.0 Å². The van der Waals surface area contributed by atoms with Crippen LogP contribution in [0.5, 0.6) is 0 Å². The Morgan fingerprint density at radius 2 is 1.94 bits per heavy atom. The molecule has 12 heteroatoms. The maximum atomic E-state index is 15.5. The number of rotatable bonds is 6. The van der Waals surface area contributed by atoms with E-state index < -0.39 is 64.6 Å². The normalized spacial score (nSPS) is 24.2. The standard InChI is InChI=1S/C22H21ClF4N2O4S/c1-34(31,32)28-20-17(29(11-22(20,26)27)21(30)18-7-8-33-18)9-12-3-2-4-14(19(12)25)15-10-13(23)5-6-16(15)24/h2-6,10,17-18,20,28H,7-9,11H2,1H3/t17-,18?,20+/m0/s1. The molecular weight excluding hydrogens is 500 g/mol. The van der Waals surface area contributed by atoms with Gasteiger partial charge in [-0.3, -0.25) is 4.79 Å². The van der Waals surface area contributed by atoms with E-state index in [9.17, 15) is 26.4 Å². The summed E-state index contributed by atoms with van der Waals surface area (Å²) < 4.78 is 90.3. The molecule has 3 atom stereocenters. The van der Waals surface area contributed by atoms with E-state index in [4.69, 9.17) is 16.3 Å². The van der Waals surface area contributed by atoms with Gasteiger partial charge in [0.25, 0.3) is 11.8 Å². The molecule has 0 aliphatic carbocycles. The van der Waals surface area contributed by atoms with E-state index in [0.29, 0.717) is 13.0 Å². The summed E-state index contributed by atoms with van der Waals surface area (Å²) in [5.74, 6) is -5.95. The molecule has 0 bridgehead atoms. The number of benzene rings is 2. The number of carbonyl (C=O) groups is 1. The molecule has 4 rings (SSSR count).